The van der Waals surface area contributed by atoms with Crippen molar-refractivity contribution in [2.24, 2.45) is 0 Å². The molecule has 1 saturated heterocycles. The summed E-state index contributed by atoms with van der Waals surface area (Å²) in [5, 5.41) is 0. The SMILES string of the molecule is CC(=O)/C=C/CN1CCOCC1. The van der Waals surface area contributed by atoms with Crippen molar-refractivity contribution in [3.05, 3.63) is 12.2 Å². The monoisotopic (exact) mass is 169 g/mol. The lowest BCUT2D eigenvalue weighted by Crippen LogP contribution is -2.36. The highest BCUT2D eigenvalue weighted by Gasteiger charge is 2.07. The van der Waals surface area contributed by atoms with Crippen molar-refractivity contribution in [1.29, 1.82) is 0 Å². The van der Waals surface area contributed by atoms with E-state index in [4.69, 9.17) is 4.74 Å². The van der Waals surface area contributed by atoms with E-state index >= 15 is 0 Å². The molecule has 1 rings (SSSR count). The molecule has 0 atom stereocenters. The molecule has 1 heterocycles. The van der Waals surface area contributed by atoms with Gasteiger partial charge in [-0.15, -0.1) is 0 Å². The van der Waals surface area contributed by atoms with Crippen LogP contribution < -0.4 is 0 Å². The van der Waals surface area contributed by atoms with Gasteiger partial charge in [-0.05, 0) is 13.0 Å². The third-order valence-corrected chi connectivity index (χ3v) is 1.82. The molecule has 0 amide bonds. The van der Waals surface area contributed by atoms with Crippen LogP contribution in [0.15, 0.2) is 12.2 Å². The molecule has 0 aromatic rings. The largest absolute Gasteiger partial charge is 0.379 e. The quantitative estimate of drug-likeness (QED) is 0.575. The van der Waals surface area contributed by atoms with Crippen molar-refractivity contribution in [3.8, 4) is 0 Å². The smallest absolute Gasteiger partial charge is 0.152 e. The molecule has 0 saturated carbocycles. The standard InChI is InChI=1S/C9H15NO2/c1-9(11)3-2-4-10-5-7-12-8-6-10/h2-3H,4-8H2,1H3/b3-2+. The van der Waals surface area contributed by atoms with E-state index in [1.807, 2.05) is 6.08 Å². The van der Waals surface area contributed by atoms with Gasteiger partial charge < -0.3 is 4.74 Å². The van der Waals surface area contributed by atoms with Gasteiger partial charge in [-0.2, -0.15) is 0 Å². The molecule has 12 heavy (non-hydrogen) atoms. The van der Waals surface area contributed by atoms with Crippen molar-refractivity contribution in [2.75, 3.05) is 32.8 Å². The van der Waals surface area contributed by atoms with Crippen LogP contribution >= 0.6 is 0 Å². The molecule has 0 unspecified atom stereocenters. The minimum absolute atomic E-state index is 0.114. The summed E-state index contributed by atoms with van der Waals surface area (Å²) in [4.78, 5) is 12.8. The highest BCUT2D eigenvalue weighted by atomic mass is 16.5. The van der Waals surface area contributed by atoms with Crippen LogP contribution in [0.25, 0.3) is 0 Å². The topological polar surface area (TPSA) is 29.5 Å². The highest BCUT2D eigenvalue weighted by Crippen LogP contribution is 1.95. The third kappa shape index (κ3) is 3.64. The fraction of sp³-hybridized carbons (Fsp3) is 0.667. The van der Waals surface area contributed by atoms with Gasteiger partial charge in [0.25, 0.3) is 0 Å². The van der Waals surface area contributed by atoms with Crippen LogP contribution in [-0.2, 0) is 9.53 Å². The number of nitrogens with zero attached hydrogens (tertiary/aromatic N) is 1. The predicted molar refractivity (Wildman–Crippen MR) is 47.1 cm³/mol. The number of hydrogen-bond donors (Lipinski definition) is 0. The Balaban J connectivity index is 2.17. The zero-order valence-corrected chi connectivity index (χ0v) is 7.45. The molecule has 1 aliphatic rings. The number of allylic oxidation sites excluding steroid dienone is 1. The van der Waals surface area contributed by atoms with Gasteiger partial charge in [-0.25, -0.2) is 0 Å². The second-order valence-corrected chi connectivity index (χ2v) is 2.93. The Morgan fingerprint density at radius 3 is 2.75 bits per heavy atom. The molecule has 3 heteroatoms. The number of carbonyl (C=O) groups excluding carboxylic acids is 1. The van der Waals surface area contributed by atoms with Crippen LogP contribution in [0.5, 0.6) is 0 Å². The minimum Gasteiger partial charge on any atom is -0.379 e. The highest BCUT2D eigenvalue weighted by molar-refractivity contribution is 5.87. The van der Waals surface area contributed by atoms with E-state index in [9.17, 15) is 4.79 Å². The van der Waals surface area contributed by atoms with Crippen LogP contribution in [0.4, 0.5) is 0 Å². The molecule has 1 aliphatic heterocycles. The molecular formula is C9H15NO2. The van der Waals surface area contributed by atoms with Crippen molar-refractivity contribution in [2.45, 2.75) is 6.92 Å². The van der Waals surface area contributed by atoms with Gasteiger partial charge in [-0.1, -0.05) is 6.08 Å². The number of ether oxygens (including phenoxy) is 1. The summed E-state index contributed by atoms with van der Waals surface area (Å²) in [6.07, 6.45) is 3.53. The van der Waals surface area contributed by atoms with Gasteiger partial charge in [0.15, 0.2) is 5.78 Å². The van der Waals surface area contributed by atoms with Gasteiger partial charge in [0.05, 0.1) is 13.2 Å². The Labute approximate surface area is 73.0 Å². The molecule has 0 aromatic carbocycles. The van der Waals surface area contributed by atoms with Crippen molar-refractivity contribution < 1.29 is 9.53 Å². The van der Waals surface area contributed by atoms with Crippen LogP contribution in [0.2, 0.25) is 0 Å². The molecule has 1 fully saturated rings. The molecule has 0 aromatic heterocycles. The van der Waals surface area contributed by atoms with E-state index in [-0.39, 0.29) is 5.78 Å². The summed E-state index contributed by atoms with van der Waals surface area (Å²) in [5.74, 6) is 0.114. The molecule has 0 radical (unpaired) electrons. The number of ketones is 1. The number of hydrogen-bond acceptors (Lipinski definition) is 3. The van der Waals surface area contributed by atoms with Gasteiger partial charge in [0.1, 0.15) is 0 Å². The van der Waals surface area contributed by atoms with Crippen LogP contribution in [0.1, 0.15) is 6.92 Å². The van der Waals surface area contributed by atoms with Crippen molar-refractivity contribution in [3.63, 3.8) is 0 Å². The lowest BCUT2D eigenvalue weighted by molar-refractivity contribution is -0.112. The second kappa shape index (κ2) is 5.06. The Hall–Kier alpha value is -0.670. The normalized spacial score (nSPS) is 20.1. The first-order chi connectivity index (χ1) is 5.79. The van der Waals surface area contributed by atoms with Crippen molar-refractivity contribution in [1.82, 2.24) is 4.90 Å². The van der Waals surface area contributed by atoms with E-state index in [0.29, 0.717) is 0 Å². The predicted octanol–water partition coefficient (Wildman–Crippen LogP) is 0.464. The minimum atomic E-state index is 0.114. The Morgan fingerprint density at radius 1 is 1.50 bits per heavy atom. The van der Waals surface area contributed by atoms with Gasteiger partial charge >= 0.3 is 0 Å². The third-order valence-electron chi connectivity index (χ3n) is 1.82. The number of rotatable bonds is 3. The molecule has 0 spiro atoms. The molecular weight excluding hydrogens is 154 g/mol. The zero-order chi connectivity index (χ0) is 8.81. The average Bonchev–Trinajstić information content (AvgIpc) is 2.05. The van der Waals surface area contributed by atoms with Gasteiger partial charge in [0.2, 0.25) is 0 Å². The van der Waals surface area contributed by atoms with Crippen molar-refractivity contribution >= 4 is 5.78 Å². The summed E-state index contributed by atoms with van der Waals surface area (Å²) >= 11 is 0. The lowest BCUT2D eigenvalue weighted by Gasteiger charge is -2.24. The summed E-state index contributed by atoms with van der Waals surface area (Å²) < 4.78 is 5.19. The molecule has 0 bridgehead atoms. The maximum absolute atomic E-state index is 10.6. The average molecular weight is 169 g/mol. The number of morpholine rings is 1. The van der Waals surface area contributed by atoms with Crippen LogP contribution in [0, 0.1) is 0 Å². The van der Waals surface area contributed by atoms with Crippen LogP contribution in [0.3, 0.4) is 0 Å². The van der Waals surface area contributed by atoms with E-state index in [1.54, 1.807) is 13.0 Å². The molecule has 68 valence electrons. The van der Waals surface area contributed by atoms with E-state index in [0.717, 1.165) is 32.8 Å². The maximum Gasteiger partial charge on any atom is 0.152 e. The first-order valence-corrected chi connectivity index (χ1v) is 4.26. The van der Waals surface area contributed by atoms with Crippen LogP contribution in [-0.4, -0.2) is 43.5 Å². The lowest BCUT2D eigenvalue weighted by atomic mass is 10.3. The second-order valence-electron chi connectivity index (χ2n) is 2.93. The molecule has 0 aliphatic carbocycles. The van der Waals surface area contributed by atoms with Gasteiger partial charge in [0, 0.05) is 19.6 Å². The van der Waals surface area contributed by atoms with E-state index in [2.05, 4.69) is 4.90 Å². The van der Waals surface area contributed by atoms with E-state index in [1.165, 1.54) is 0 Å². The summed E-state index contributed by atoms with van der Waals surface area (Å²) in [7, 11) is 0. The summed E-state index contributed by atoms with van der Waals surface area (Å²) in [5.41, 5.74) is 0. The first kappa shape index (κ1) is 9.42. The summed E-state index contributed by atoms with van der Waals surface area (Å²) in [6.45, 7) is 6.01. The first-order valence-electron chi connectivity index (χ1n) is 4.26. The van der Waals surface area contributed by atoms with Gasteiger partial charge in [-0.3, -0.25) is 9.69 Å². The fourth-order valence-corrected chi connectivity index (χ4v) is 1.15. The molecule has 0 N–H and O–H groups in total. The zero-order valence-electron chi connectivity index (χ0n) is 7.45. The maximum atomic E-state index is 10.6. The fourth-order valence-electron chi connectivity index (χ4n) is 1.15. The Kier molecular flexibility index (Phi) is 3.97. The number of carbonyl (C=O) groups is 1. The Bertz CT molecular complexity index is 171. The summed E-state index contributed by atoms with van der Waals surface area (Å²) in [6, 6.07) is 0. The van der Waals surface area contributed by atoms with E-state index < -0.39 is 0 Å². The molecule has 3 nitrogen and oxygen atoms in total. The Morgan fingerprint density at radius 2 is 2.17 bits per heavy atom.